The monoisotopic (exact) mass is 282 g/mol. The van der Waals surface area contributed by atoms with Crippen molar-refractivity contribution in [2.45, 2.75) is 11.8 Å². The summed E-state index contributed by atoms with van der Waals surface area (Å²) in [6, 6.07) is 13.7. The molecule has 3 rings (SSSR count). The Hall–Kier alpha value is -2.00. The van der Waals surface area contributed by atoms with Gasteiger partial charge in [-0.25, -0.2) is 0 Å². The zero-order valence-corrected chi connectivity index (χ0v) is 12.2. The zero-order valence-electron chi connectivity index (χ0n) is 11.3. The molecule has 0 aliphatic carbocycles. The van der Waals surface area contributed by atoms with E-state index in [0.717, 1.165) is 32.2 Å². The SMILES string of the molecule is COc1cc(/C=C2\Sc3ccccc3C2=O)ccc1C. The van der Waals surface area contributed by atoms with Crippen LogP contribution in [0.15, 0.2) is 52.3 Å². The van der Waals surface area contributed by atoms with Crippen molar-refractivity contribution in [3.05, 3.63) is 64.1 Å². The van der Waals surface area contributed by atoms with E-state index in [2.05, 4.69) is 0 Å². The number of hydrogen-bond donors (Lipinski definition) is 0. The van der Waals surface area contributed by atoms with E-state index < -0.39 is 0 Å². The van der Waals surface area contributed by atoms with Crippen molar-refractivity contribution in [2.75, 3.05) is 7.11 Å². The first-order chi connectivity index (χ1) is 9.69. The van der Waals surface area contributed by atoms with E-state index in [1.165, 1.54) is 11.8 Å². The van der Waals surface area contributed by atoms with Gasteiger partial charge in [0.15, 0.2) is 0 Å². The van der Waals surface area contributed by atoms with Gasteiger partial charge in [0, 0.05) is 10.5 Å². The maximum atomic E-state index is 12.3. The Bertz CT molecular complexity index is 717. The van der Waals surface area contributed by atoms with Gasteiger partial charge in [0.2, 0.25) is 5.78 Å². The summed E-state index contributed by atoms with van der Waals surface area (Å²) in [6.07, 6.45) is 1.93. The second-order valence-electron chi connectivity index (χ2n) is 4.66. The fraction of sp³-hybridized carbons (Fsp3) is 0.118. The van der Waals surface area contributed by atoms with E-state index in [0.29, 0.717) is 0 Å². The molecular weight excluding hydrogens is 268 g/mol. The molecule has 0 saturated heterocycles. The normalized spacial score (nSPS) is 15.5. The molecule has 1 aliphatic heterocycles. The Morgan fingerprint density at radius 3 is 2.70 bits per heavy atom. The average molecular weight is 282 g/mol. The van der Waals surface area contributed by atoms with Crippen LogP contribution in [0.3, 0.4) is 0 Å². The molecule has 20 heavy (non-hydrogen) atoms. The molecule has 100 valence electrons. The zero-order chi connectivity index (χ0) is 14.1. The van der Waals surface area contributed by atoms with Gasteiger partial charge in [-0.3, -0.25) is 4.79 Å². The minimum atomic E-state index is 0.102. The summed E-state index contributed by atoms with van der Waals surface area (Å²) in [5.74, 6) is 0.942. The maximum Gasteiger partial charge on any atom is 0.200 e. The third kappa shape index (κ3) is 2.25. The van der Waals surface area contributed by atoms with Gasteiger partial charge in [-0.15, -0.1) is 0 Å². The van der Waals surface area contributed by atoms with Crippen LogP contribution in [0.25, 0.3) is 6.08 Å². The highest BCUT2D eigenvalue weighted by molar-refractivity contribution is 8.04. The molecule has 0 aromatic heterocycles. The predicted octanol–water partition coefficient (Wildman–Crippen LogP) is 4.33. The van der Waals surface area contributed by atoms with Crippen LogP contribution in [0.1, 0.15) is 21.5 Å². The summed E-state index contributed by atoms with van der Waals surface area (Å²) in [5, 5.41) is 0. The number of ketones is 1. The molecule has 0 atom stereocenters. The third-order valence-electron chi connectivity index (χ3n) is 3.31. The first-order valence-electron chi connectivity index (χ1n) is 6.37. The molecule has 2 nitrogen and oxygen atoms in total. The summed E-state index contributed by atoms with van der Waals surface area (Å²) in [5.41, 5.74) is 2.86. The summed E-state index contributed by atoms with van der Waals surface area (Å²) < 4.78 is 5.32. The number of allylic oxidation sites excluding steroid dienone is 1. The molecule has 0 bridgehead atoms. The lowest BCUT2D eigenvalue weighted by molar-refractivity contribution is 0.104. The van der Waals surface area contributed by atoms with Crippen molar-refractivity contribution >= 4 is 23.6 Å². The van der Waals surface area contributed by atoms with E-state index in [4.69, 9.17) is 4.74 Å². The number of Topliss-reactive ketones (excluding diaryl/α,β-unsaturated/α-hetero) is 1. The largest absolute Gasteiger partial charge is 0.496 e. The van der Waals surface area contributed by atoms with Crippen molar-refractivity contribution in [1.82, 2.24) is 0 Å². The van der Waals surface area contributed by atoms with Gasteiger partial charge < -0.3 is 4.74 Å². The predicted molar refractivity (Wildman–Crippen MR) is 82.3 cm³/mol. The Balaban J connectivity index is 1.97. The fourth-order valence-electron chi connectivity index (χ4n) is 2.21. The number of carbonyl (C=O) groups is 1. The van der Waals surface area contributed by atoms with Crippen molar-refractivity contribution in [3.63, 3.8) is 0 Å². The molecule has 0 saturated carbocycles. The fourth-order valence-corrected chi connectivity index (χ4v) is 3.27. The van der Waals surface area contributed by atoms with Gasteiger partial charge in [0.05, 0.1) is 12.0 Å². The number of thioether (sulfide) groups is 1. The first kappa shape index (κ1) is 13.0. The number of rotatable bonds is 2. The molecule has 2 aromatic rings. The second kappa shape index (κ2) is 5.17. The number of fused-ring (bicyclic) bond motifs is 1. The van der Waals surface area contributed by atoms with Crippen LogP contribution in [0, 0.1) is 6.92 Å². The van der Waals surface area contributed by atoms with Crippen LogP contribution >= 0.6 is 11.8 Å². The lowest BCUT2D eigenvalue weighted by Crippen LogP contribution is -1.94. The summed E-state index contributed by atoms with van der Waals surface area (Å²) in [7, 11) is 1.66. The van der Waals surface area contributed by atoms with Gasteiger partial charge in [-0.1, -0.05) is 36.0 Å². The van der Waals surface area contributed by atoms with E-state index in [1.807, 2.05) is 55.5 Å². The number of benzene rings is 2. The lowest BCUT2D eigenvalue weighted by Gasteiger charge is -2.05. The molecule has 0 radical (unpaired) electrons. The Kier molecular flexibility index (Phi) is 3.36. The van der Waals surface area contributed by atoms with Gasteiger partial charge in [-0.05, 0) is 42.3 Å². The Morgan fingerprint density at radius 1 is 1.15 bits per heavy atom. The van der Waals surface area contributed by atoms with Crippen molar-refractivity contribution in [3.8, 4) is 5.75 Å². The highest BCUT2D eigenvalue weighted by Gasteiger charge is 2.25. The van der Waals surface area contributed by atoms with E-state index in [1.54, 1.807) is 7.11 Å². The van der Waals surface area contributed by atoms with E-state index in [-0.39, 0.29) is 5.78 Å². The van der Waals surface area contributed by atoms with Crippen LogP contribution in [0.2, 0.25) is 0 Å². The van der Waals surface area contributed by atoms with E-state index >= 15 is 0 Å². The van der Waals surface area contributed by atoms with Crippen molar-refractivity contribution < 1.29 is 9.53 Å². The summed E-state index contributed by atoms with van der Waals surface area (Å²) in [6.45, 7) is 2.00. The van der Waals surface area contributed by atoms with Crippen LogP contribution < -0.4 is 4.74 Å². The highest BCUT2D eigenvalue weighted by atomic mass is 32.2. The van der Waals surface area contributed by atoms with Gasteiger partial charge in [-0.2, -0.15) is 0 Å². The quantitative estimate of drug-likeness (QED) is 0.767. The number of aryl methyl sites for hydroxylation is 1. The van der Waals surface area contributed by atoms with Gasteiger partial charge >= 0.3 is 0 Å². The number of ether oxygens (including phenoxy) is 1. The van der Waals surface area contributed by atoms with Crippen LogP contribution in [0.5, 0.6) is 5.75 Å². The minimum absolute atomic E-state index is 0.102. The number of hydrogen-bond acceptors (Lipinski definition) is 3. The minimum Gasteiger partial charge on any atom is -0.496 e. The summed E-state index contributed by atoms with van der Waals surface area (Å²) in [4.78, 5) is 14.1. The number of carbonyl (C=O) groups excluding carboxylic acids is 1. The smallest absolute Gasteiger partial charge is 0.200 e. The molecule has 3 heteroatoms. The van der Waals surface area contributed by atoms with Crippen LogP contribution in [0.4, 0.5) is 0 Å². The van der Waals surface area contributed by atoms with Gasteiger partial charge in [0.1, 0.15) is 5.75 Å². The molecule has 0 amide bonds. The highest BCUT2D eigenvalue weighted by Crippen LogP contribution is 2.40. The second-order valence-corrected chi connectivity index (χ2v) is 5.75. The molecule has 0 fully saturated rings. The molecular formula is C17H14O2S. The van der Waals surface area contributed by atoms with Crippen LogP contribution in [-0.4, -0.2) is 12.9 Å². The molecule has 1 aliphatic rings. The molecule has 0 spiro atoms. The standard InChI is InChI=1S/C17H14O2S/c1-11-7-8-12(9-14(11)19-2)10-16-17(18)13-5-3-4-6-15(13)20-16/h3-10H,1-2H3/b16-10-. The number of methoxy groups -OCH3 is 1. The lowest BCUT2D eigenvalue weighted by atomic mass is 10.1. The molecule has 2 aromatic carbocycles. The molecule has 0 N–H and O–H groups in total. The topological polar surface area (TPSA) is 26.3 Å². The van der Waals surface area contributed by atoms with Gasteiger partial charge in [0.25, 0.3) is 0 Å². The Labute approximate surface area is 122 Å². The summed E-state index contributed by atoms with van der Waals surface area (Å²) >= 11 is 1.53. The third-order valence-corrected chi connectivity index (χ3v) is 4.40. The molecule has 1 heterocycles. The first-order valence-corrected chi connectivity index (χ1v) is 7.18. The van der Waals surface area contributed by atoms with Crippen molar-refractivity contribution in [1.29, 1.82) is 0 Å². The molecule has 0 unspecified atom stereocenters. The van der Waals surface area contributed by atoms with Crippen LogP contribution in [-0.2, 0) is 0 Å². The van der Waals surface area contributed by atoms with Crippen molar-refractivity contribution in [2.24, 2.45) is 0 Å². The Morgan fingerprint density at radius 2 is 1.95 bits per heavy atom. The average Bonchev–Trinajstić information content (AvgIpc) is 2.78. The van der Waals surface area contributed by atoms with E-state index in [9.17, 15) is 4.79 Å². The maximum absolute atomic E-state index is 12.3.